The van der Waals surface area contributed by atoms with Gasteiger partial charge in [-0.1, -0.05) is 6.07 Å². The summed E-state index contributed by atoms with van der Waals surface area (Å²) in [6, 6.07) is 7.10. The van der Waals surface area contributed by atoms with Crippen molar-refractivity contribution in [3.05, 3.63) is 59.7 Å². The fourth-order valence-corrected chi connectivity index (χ4v) is 5.94. The van der Waals surface area contributed by atoms with Crippen molar-refractivity contribution in [2.24, 2.45) is 0 Å². The molecule has 4 aromatic rings. The van der Waals surface area contributed by atoms with E-state index in [0.29, 0.717) is 47.1 Å². The summed E-state index contributed by atoms with van der Waals surface area (Å²) < 4.78 is 38.6. The molecule has 11 heteroatoms. The van der Waals surface area contributed by atoms with Gasteiger partial charge in [-0.05, 0) is 49.7 Å². The molecular formula is C29H33F2N7O2. The van der Waals surface area contributed by atoms with Gasteiger partial charge < -0.3 is 24.3 Å². The minimum Gasteiger partial charge on any atom is -0.495 e. The summed E-state index contributed by atoms with van der Waals surface area (Å²) in [6.07, 6.45) is 5.14. The van der Waals surface area contributed by atoms with E-state index in [1.165, 1.54) is 13.2 Å². The first-order chi connectivity index (χ1) is 19.4. The van der Waals surface area contributed by atoms with E-state index in [9.17, 15) is 13.6 Å². The number of halogens is 2. The number of alkyl halides is 2. The van der Waals surface area contributed by atoms with Crippen LogP contribution in [0.1, 0.15) is 49.1 Å². The fraction of sp³-hybridized carbons (Fsp3) is 0.414. The minimum absolute atomic E-state index is 0.0154. The third-order valence-corrected chi connectivity index (χ3v) is 8.14. The topological polar surface area (TPSA) is 79.9 Å². The second kappa shape index (κ2) is 10.5. The average Bonchev–Trinajstić information content (AvgIpc) is 3.60. The number of nitrogens with zero attached hydrogens (tertiary/aromatic N) is 6. The number of carbonyl (C=O) groups is 1. The van der Waals surface area contributed by atoms with Crippen LogP contribution in [-0.4, -0.2) is 63.8 Å². The fourth-order valence-electron chi connectivity index (χ4n) is 5.94. The normalized spacial score (nSPS) is 16.0. The number of amides is 1. The number of fused-ring (bicyclic) bond motifs is 2. The molecule has 1 aromatic carbocycles. The number of rotatable bonds is 6. The second-order valence-corrected chi connectivity index (χ2v) is 10.4. The number of hydrogen-bond acceptors (Lipinski definition) is 6. The Morgan fingerprint density at radius 2 is 2.00 bits per heavy atom. The first-order valence-corrected chi connectivity index (χ1v) is 13.6. The molecular weight excluding hydrogens is 516 g/mol. The number of imidazole rings is 1. The van der Waals surface area contributed by atoms with Crippen LogP contribution in [0.25, 0.3) is 16.8 Å². The predicted molar refractivity (Wildman–Crippen MR) is 148 cm³/mol. The van der Waals surface area contributed by atoms with Crippen LogP contribution in [0.4, 0.5) is 20.3 Å². The molecule has 3 aromatic heterocycles. The zero-order valence-corrected chi connectivity index (χ0v) is 22.9. The van der Waals surface area contributed by atoms with Crippen molar-refractivity contribution >= 4 is 23.1 Å². The lowest BCUT2D eigenvalue weighted by atomic mass is 9.98. The number of hydrogen-bond donors (Lipinski definition) is 1. The molecule has 40 heavy (non-hydrogen) atoms. The molecule has 9 nitrogen and oxygen atoms in total. The number of benzene rings is 1. The summed E-state index contributed by atoms with van der Waals surface area (Å²) in [4.78, 5) is 20.2. The summed E-state index contributed by atoms with van der Waals surface area (Å²) >= 11 is 0. The molecule has 0 bridgehead atoms. The van der Waals surface area contributed by atoms with Gasteiger partial charge in [0.05, 0.1) is 25.9 Å². The van der Waals surface area contributed by atoms with Gasteiger partial charge in [0.15, 0.2) is 5.82 Å². The van der Waals surface area contributed by atoms with E-state index in [1.54, 1.807) is 42.0 Å². The van der Waals surface area contributed by atoms with E-state index in [1.807, 2.05) is 22.9 Å². The zero-order chi connectivity index (χ0) is 28.0. The Morgan fingerprint density at radius 1 is 1.20 bits per heavy atom. The SMILES string of the molecule is COc1cn2ccnc2cc1-c1ccc(N(C)c2nn(C3CCNCC3)c3c2CN(C(C)=O)CC3)cc1C(F)F. The van der Waals surface area contributed by atoms with Crippen molar-refractivity contribution in [2.75, 3.05) is 38.7 Å². The molecule has 1 N–H and O–H groups in total. The Hall–Kier alpha value is -3.99. The van der Waals surface area contributed by atoms with Crippen LogP contribution >= 0.6 is 0 Å². The van der Waals surface area contributed by atoms with E-state index in [2.05, 4.69) is 15.0 Å². The van der Waals surface area contributed by atoms with Crippen LogP contribution in [0.15, 0.2) is 42.9 Å². The maximum Gasteiger partial charge on any atom is 0.264 e. The van der Waals surface area contributed by atoms with Crippen molar-refractivity contribution in [3.63, 3.8) is 0 Å². The van der Waals surface area contributed by atoms with Gasteiger partial charge in [0.1, 0.15) is 11.4 Å². The molecule has 1 amide bonds. The number of aromatic nitrogens is 4. The summed E-state index contributed by atoms with van der Waals surface area (Å²) in [5.41, 5.74) is 4.19. The molecule has 1 saturated heterocycles. The van der Waals surface area contributed by atoms with Crippen molar-refractivity contribution in [3.8, 4) is 16.9 Å². The molecule has 0 unspecified atom stereocenters. The van der Waals surface area contributed by atoms with Gasteiger partial charge in [0.25, 0.3) is 6.43 Å². The second-order valence-electron chi connectivity index (χ2n) is 10.4. The predicted octanol–water partition coefficient (Wildman–Crippen LogP) is 4.74. The lowest BCUT2D eigenvalue weighted by Crippen LogP contribution is -2.36. The molecule has 210 valence electrons. The lowest BCUT2D eigenvalue weighted by Gasteiger charge is -2.30. The third kappa shape index (κ3) is 4.57. The highest BCUT2D eigenvalue weighted by molar-refractivity contribution is 5.79. The Balaban J connectivity index is 1.42. The van der Waals surface area contributed by atoms with Gasteiger partial charge >= 0.3 is 0 Å². The summed E-state index contributed by atoms with van der Waals surface area (Å²) in [6.45, 7) is 4.54. The number of pyridine rings is 1. The largest absolute Gasteiger partial charge is 0.495 e. The van der Waals surface area contributed by atoms with E-state index in [4.69, 9.17) is 9.84 Å². The van der Waals surface area contributed by atoms with Crippen LogP contribution in [0.2, 0.25) is 0 Å². The van der Waals surface area contributed by atoms with Crippen LogP contribution in [0, 0.1) is 0 Å². The van der Waals surface area contributed by atoms with Crippen molar-refractivity contribution < 1.29 is 18.3 Å². The Kier molecular flexibility index (Phi) is 6.91. The molecule has 6 rings (SSSR count). The van der Waals surface area contributed by atoms with Gasteiger partial charge in [0.2, 0.25) is 5.91 Å². The van der Waals surface area contributed by atoms with Crippen LogP contribution in [0.5, 0.6) is 5.75 Å². The Bertz CT molecular complexity index is 1560. The molecule has 0 spiro atoms. The zero-order valence-electron chi connectivity index (χ0n) is 22.9. The van der Waals surface area contributed by atoms with Crippen LogP contribution < -0.4 is 15.0 Å². The number of anilines is 2. The standard InChI is InChI=1S/C29H33F2N7O2/c1-18(39)36-12-8-25-24(16-36)29(34-38(25)19-6-9-32-10-7-19)35(2)20-4-5-21(23(14-20)28(30)31)22-15-27-33-11-13-37(27)17-26(22)40-3/h4-5,11,13-15,17,19,28,32H,6-10,12,16H2,1-3H3. The van der Waals surface area contributed by atoms with Gasteiger partial charge in [-0.2, -0.15) is 5.10 Å². The van der Waals surface area contributed by atoms with E-state index in [0.717, 1.165) is 43.6 Å². The number of carbonyl (C=O) groups excluding carboxylic acids is 1. The smallest absolute Gasteiger partial charge is 0.264 e. The molecule has 5 heterocycles. The van der Waals surface area contributed by atoms with Crippen LogP contribution in [0.3, 0.4) is 0 Å². The third-order valence-electron chi connectivity index (χ3n) is 8.14. The van der Waals surface area contributed by atoms with E-state index < -0.39 is 6.43 Å². The monoisotopic (exact) mass is 549 g/mol. The number of nitrogens with one attached hydrogen (secondary N) is 1. The van der Waals surface area contributed by atoms with Gasteiger partial charge in [-0.3, -0.25) is 9.48 Å². The van der Waals surface area contributed by atoms with Crippen molar-refractivity contribution in [1.82, 2.24) is 29.4 Å². The Morgan fingerprint density at radius 3 is 2.73 bits per heavy atom. The summed E-state index contributed by atoms with van der Waals surface area (Å²) in [5, 5.41) is 8.46. The highest BCUT2D eigenvalue weighted by atomic mass is 19.3. The maximum atomic E-state index is 14.6. The number of piperidine rings is 1. The highest BCUT2D eigenvalue weighted by Gasteiger charge is 2.31. The van der Waals surface area contributed by atoms with E-state index >= 15 is 0 Å². The first kappa shape index (κ1) is 26.2. The summed E-state index contributed by atoms with van der Waals surface area (Å²) in [5.74, 6) is 1.19. The van der Waals surface area contributed by atoms with Gasteiger partial charge in [0, 0.05) is 67.4 Å². The molecule has 2 aliphatic rings. The first-order valence-electron chi connectivity index (χ1n) is 13.6. The highest BCUT2D eigenvalue weighted by Crippen LogP contribution is 2.41. The molecule has 0 aliphatic carbocycles. The molecule has 2 aliphatic heterocycles. The molecule has 1 fully saturated rings. The molecule has 0 saturated carbocycles. The van der Waals surface area contributed by atoms with Crippen LogP contribution in [-0.2, 0) is 17.8 Å². The quantitative estimate of drug-likeness (QED) is 0.374. The summed E-state index contributed by atoms with van der Waals surface area (Å²) in [7, 11) is 3.38. The van der Waals surface area contributed by atoms with Crippen molar-refractivity contribution in [1.29, 1.82) is 0 Å². The number of methoxy groups -OCH3 is 1. The number of ether oxygens (including phenoxy) is 1. The van der Waals surface area contributed by atoms with Crippen molar-refractivity contribution in [2.45, 2.75) is 45.2 Å². The molecule has 0 radical (unpaired) electrons. The molecule has 0 atom stereocenters. The van der Waals surface area contributed by atoms with Gasteiger partial charge in [-0.25, -0.2) is 13.8 Å². The average molecular weight is 550 g/mol. The van der Waals surface area contributed by atoms with Gasteiger partial charge in [-0.15, -0.1) is 0 Å². The Labute approximate surface area is 231 Å². The maximum absolute atomic E-state index is 14.6. The van der Waals surface area contributed by atoms with E-state index in [-0.39, 0.29) is 17.5 Å². The minimum atomic E-state index is -2.71. The lowest BCUT2D eigenvalue weighted by molar-refractivity contribution is -0.129.